The molecular weight excluding hydrogens is 222 g/mol. The molecule has 1 saturated heterocycles. The fourth-order valence-electron chi connectivity index (χ4n) is 2.80. The fraction of sp³-hybridized carbons (Fsp3) is 0.562. The van der Waals surface area contributed by atoms with Gasteiger partial charge in [-0.25, -0.2) is 0 Å². The minimum absolute atomic E-state index is 0.176. The number of carbonyl (C=O) groups is 1. The van der Waals surface area contributed by atoms with Crippen molar-refractivity contribution >= 4 is 5.78 Å². The molecule has 1 aliphatic heterocycles. The Morgan fingerprint density at radius 1 is 1.22 bits per heavy atom. The number of Topliss-reactive ketones (excluding diaryl/α,β-unsaturated/α-hetero) is 1. The Balaban J connectivity index is 2.04. The van der Waals surface area contributed by atoms with Gasteiger partial charge in [-0.2, -0.15) is 0 Å². The third kappa shape index (κ3) is 2.99. The second-order valence-electron chi connectivity index (χ2n) is 5.83. The monoisotopic (exact) mass is 245 g/mol. The minimum Gasteiger partial charge on any atom is -0.299 e. The van der Waals surface area contributed by atoms with E-state index in [0.717, 1.165) is 19.6 Å². The first kappa shape index (κ1) is 13.3. The van der Waals surface area contributed by atoms with Gasteiger partial charge in [-0.1, -0.05) is 51.1 Å². The first-order chi connectivity index (χ1) is 8.58. The van der Waals surface area contributed by atoms with Crippen LogP contribution in [0.1, 0.15) is 26.3 Å². The van der Waals surface area contributed by atoms with Crippen molar-refractivity contribution in [2.24, 2.45) is 17.8 Å². The molecule has 2 heteroatoms. The zero-order chi connectivity index (χ0) is 13.1. The molecule has 2 rings (SSSR count). The van der Waals surface area contributed by atoms with Crippen LogP contribution >= 0.6 is 0 Å². The average molecular weight is 245 g/mol. The molecule has 1 aromatic rings. The highest BCUT2D eigenvalue weighted by atomic mass is 16.1. The Morgan fingerprint density at radius 3 is 2.50 bits per heavy atom. The number of rotatable bonds is 3. The highest BCUT2D eigenvalue weighted by molar-refractivity contribution is 5.84. The van der Waals surface area contributed by atoms with Gasteiger partial charge in [-0.05, 0) is 11.5 Å². The van der Waals surface area contributed by atoms with Crippen molar-refractivity contribution < 1.29 is 4.79 Å². The summed E-state index contributed by atoms with van der Waals surface area (Å²) in [5.41, 5.74) is 1.33. The number of nitrogens with zero attached hydrogens (tertiary/aromatic N) is 1. The van der Waals surface area contributed by atoms with Crippen LogP contribution in [0.15, 0.2) is 30.3 Å². The summed E-state index contributed by atoms with van der Waals surface area (Å²) in [6.45, 7) is 9.14. The van der Waals surface area contributed by atoms with E-state index in [1.807, 2.05) is 6.07 Å². The van der Waals surface area contributed by atoms with Crippen LogP contribution in [-0.4, -0.2) is 23.8 Å². The summed E-state index contributed by atoms with van der Waals surface area (Å²) >= 11 is 0. The maximum absolute atomic E-state index is 12.1. The third-order valence-electron chi connectivity index (χ3n) is 3.89. The van der Waals surface area contributed by atoms with E-state index in [9.17, 15) is 4.79 Å². The van der Waals surface area contributed by atoms with E-state index in [0.29, 0.717) is 11.7 Å². The molecule has 18 heavy (non-hydrogen) atoms. The van der Waals surface area contributed by atoms with Gasteiger partial charge in [0, 0.05) is 31.5 Å². The van der Waals surface area contributed by atoms with E-state index in [4.69, 9.17) is 0 Å². The Morgan fingerprint density at radius 2 is 1.89 bits per heavy atom. The molecule has 1 aromatic carbocycles. The zero-order valence-corrected chi connectivity index (χ0v) is 11.6. The quantitative estimate of drug-likeness (QED) is 0.816. The van der Waals surface area contributed by atoms with Crippen molar-refractivity contribution in [2.75, 3.05) is 13.1 Å². The summed E-state index contributed by atoms with van der Waals surface area (Å²) in [7, 11) is 0. The average Bonchev–Trinajstić information content (AvgIpc) is 2.34. The van der Waals surface area contributed by atoms with E-state index in [1.165, 1.54) is 5.56 Å². The van der Waals surface area contributed by atoms with Gasteiger partial charge in [-0.15, -0.1) is 0 Å². The van der Waals surface area contributed by atoms with Crippen LogP contribution in [0.25, 0.3) is 0 Å². The van der Waals surface area contributed by atoms with Crippen LogP contribution < -0.4 is 0 Å². The molecule has 2 unspecified atom stereocenters. The van der Waals surface area contributed by atoms with Gasteiger partial charge in [-0.3, -0.25) is 9.69 Å². The predicted molar refractivity (Wildman–Crippen MR) is 74.2 cm³/mol. The SMILES string of the molecule is CC1CN(Cc2ccccc2)CC(C(C)C)C1=O. The molecule has 0 spiro atoms. The summed E-state index contributed by atoms with van der Waals surface area (Å²) in [5.74, 6) is 1.28. The van der Waals surface area contributed by atoms with Crippen molar-refractivity contribution in [1.82, 2.24) is 4.90 Å². The number of benzene rings is 1. The highest BCUT2D eigenvalue weighted by Gasteiger charge is 2.34. The number of hydrogen-bond donors (Lipinski definition) is 0. The van der Waals surface area contributed by atoms with Crippen LogP contribution in [0.3, 0.4) is 0 Å². The lowest BCUT2D eigenvalue weighted by Crippen LogP contribution is -2.47. The minimum atomic E-state index is 0.176. The fourth-order valence-corrected chi connectivity index (χ4v) is 2.80. The molecule has 0 aromatic heterocycles. The van der Waals surface area contributed by atoms with Gasteiger partial charge in [0.1, 0.15) is 5.78 Å². The van der Waals surface area contributed by atoms with Crippen molar-refractivity contribution in [3.05, 3.63) is 35.9 Å². The van der Waals surface area contributed by atoms with E-state index in [-0.39, 0.29) is 11.8 Å². The lowest BCUT2D eigenvalue weighted by molar-refractivity contribution is -0.132. The van der Waals surface area contributed by atoms with Crippen molar-refractivity contribution in [2.45, 2.75) is 27.3 Å². The van der Waals surface area contributed by atoms with Crippen molar-refractivity contribution in [1.29, 1.82) is 0 Å². The molecule has 98 valence electrons. The zero-order valence-electron chi connectivity index (χ0n) is 11.6. The summed E-state index contributed by atoms with van der Waals surface area (Å²) < 4.78 is 0. The second-order valence-corrected chi connectivity index (χ2v) is 5.83. The van der Waals surface area contributed by atoms with Gasteiger partial charge in [0.15, 0.2) is 0 Å². The Kier molecular flexibility index (Phi) is 4.18. The van der Waals surface area contributed by atoms with Gasteiger partial charge in [0.2, 0.25) is 0 Å². The van der Waals surface area contributed by atoms with E-state index < -0.39 is 0 Å². The van der Waals surface area contributed by atoms with Crippen molar-refractivity contribution in [3.8, 4) is 0 Å². The Hall–Kier alpha value is -1.15. The first-order valence-corrected chi connectivity index (χ1v) is 6.88. The molecule has 0 aliphatic carbocycles. The van der Waals surface area contributed by atoms with Gasteiger partial charge in [0.25, 0.3) is 0 Å². The highest BCUT2D eigenvalue weighted by Crippen LogP contribution is 2.25. The maximum atomic E-state index is 12.1. The molecule has 2 nitrogen and oxygen atoms in total. The third-order valence-corrected chi connectivity index (χ3v) is 3.89. The van der Waals surface area contributed by atoms with E-state index in [1.54, 1.807) is 0 Å². The number of likely N-dealkylation sites (tertiary alicyclic amines) is 1. The van der Waals surface area contributed by atoms with Gasteiger partial charge >= 0.3 is 0 Å². The lowest BCUT2D eigenvalue weighted by atomic mass is 9.82. The molecule has 1 aliphatic rings. The molecule has 1 fully saturated rings. The van der Waals surface area contributed by atoms with Gasteiger partial charge < -0.3 is 0 Å². The van der Waals surface area contributed by atoms with Crippen LogP contribution in [-0.2, 0) is 11.3 Å². The molecule has 0 saturated carbocycles. The normalized spacial score (nSPS) is 25.7. The number of carbonyl (C=O) groups excluding carboxylic acids is 1. The molecule has 0 bridgehead atoms. The predicted octanol–water partition coefficient (Wildman–Crippen LogP) is 2.98. The van der Waals surface area contributed by atoms with Gasteiger partial charge in [0.05, 0.1) is 0 Å². The summed E-state index contributed by atoms with van der Waals surface area (Å²) in [6.07, 6.45) is 0. The number of ketones is 1. The van der Waals surface area contributed by atoms with Crippen LogP contribution in [0.2, 0.25) is 0 Å². The lowest BCUT2D eigenvalue weighted by Gasteiger charge is -2.37. The largest absolute Gasteiger partial charge is 0.299 e. The molecule has 1 heterocycles. The summed E-state index contributed by atoms with van der Waals surface area (Å²) in [6, 6.07) is 10.5. The van der Waals surface area contributed by atoms with Crippen molar-refractivity contribution in [3.63, 3.8) is 0 Å². The Labute approximate surface area is 110 Å². The topological polar surface area (TPSA) is 20.3 Å². The molecule has 0 radical (unpaired) electrons. The molecular formula is C16H23NO. The second kappa shape index (κ2) is 5.66. The van der Waals surface area contributed by atoms with Crippen LogP contribution in [0.4, 0.5) is 0 Å². The molecule has 0 amide bonds. The molecule has 2 atom stereocenters. The summed E-state index contributed by atoms with van der Waals surface area (Å²) in [5, 5.41) is 0. The Bertz CT molecular complexity index is 399. The molecule has 0 N–H and O–H groups in total. The standard InChI is InChI=1S/C16H23NO/c1-12(2)15-11-17(9-13(3)16(15)18)10-14-7-5-4-6-8-14/h4-8,12-13,15H,9-11H2,1-3H3. The maximum Gasteiger partial charge on any atom is 0.141 e. The smallest absolute Gasteiger partial charge is 0.141 e. The first-order valence-electron chi connectivity index (χ1n) is 6.88. The van der Waals surface area contributed by atoms with Crippen LogP contribution in [0, 0.1) is 17.8 Å². The van der Waals surface area contributed by atoms with E-state index >= 15 is 0 Å². The number of hydrogen-bond acceptors (Lipinski definition) is 2. The summed E-state index contributed by atoms with van der Waals surface area (Å²) in [4.78, 5) is 14.6. The number of piperidine rings is 1. The van der Waals surface area contributed by atoms with Crippen LogP contribution in [0.5, 0.6) is 0 Å². The van der Waals surface area contributed by atoms with E-state index in [2.05, 4.69) is 49.9 Å².